The molecule has 2 fully saturated rings. The Morgan fingerprint density at radius 2 is 1.85 bits per heavy atom. The van der Waals surface area contributed by atoms with Crippen molar-refractivity contribution in [3.63, 3.8) is 0 Å². The lowest BCUT2D eigenvalue weighted by molar-refractivity contribution is -0.176. The Balaban J connectivity index is 1.46. The highest BCUT2D eigenvalue weighted by atomic mass is 32.1. The summed E-state index contributed by atoms with van der Waals surface area (Å²) < 4.78 is 40.0. The number of anilines is 4. The monoisotopic (exact) mass is 480 g/mol. The smallest absolute Gasteiger partial charge is 0.366 e. The summed E-state index contributed by atoms with van der Waals surface area (Å²) in [5.74, 6) is -0.356. The van der Waals surface area contributed by atoms with Gasteiger partial charge in [0.2, 0.25) is 0 Å². The quantitative estimate of drug-likeness (QED) is 0.659. The Hall–Kier alpha value is -2.56. The number of aryl methyl sites for hydroxylation is 2. The SMILES string of the molecule is Cc1nc(NC(=O)N2c3nc(N4CCCC(C(F)(F)F)C4)ccc3N3CCCC2C3)sc1C. The minimum Gasteiger partial charge on any atom is -0.366 e. The van der Waals surface area contributed by atoms with Gasteiger partial charge in [-0.3, -0.25) is 10.2 Å². The third-order valence-electron chi connectivity index (χ3n) is 6.84. The number of rotatable bonds is 2. The van der Waals surface area contributed by atoms with Crippen LogP contribution in [-0.2, 0) is 0 Å². The number of nitrogens with zero attached hydrogens (tertiary/aromatic N) is 5. The average molecular weight is 481 g/mol. The molecule has 0 radical (unpaired) electrons. The van der Waals surface area contributed by atoms with Gasteiger partial charge in [-0.2, -0.15) is 13.2 Å². The molecule has 178 valence electrons. The van der Waals surface area contributed by atoms with Crippen LogP contribution in [0.2, 0.25) is 0 Å². The van der Waals surface area contributed by atoms with Gasteiger partial charge in [-0.25, -0.2) is 14.8 Å². The highest BCUT2D eigenvalue weighted by molar-refractivity contribution is 7.15. The number of hydrogen-bond acceptors (Lipinski definition) is 6. The van der Waals surface area contributed by atoms with Crippen molar-refractivity contribution in [3.8, 4) is 0 Å². The van der Waals surface area contributed by atoms with Crippen molar-refractivity contribution in [1.82, 2.24) is 9.97 Å². The number of halogens is 3. The van der Waals surface area contributed by atoms with Gasteiger partial charge in [0.25, 0.3) is 0 Å². The van der Waals surface area contributed by atoms with E-state index in [2.05, 4.69) is 15.2 Å². The fourth-order valence-corrected chi connectivity index (χ4v) is 5.79. The molecule has 5 heterocycles. The highest BCUT2D eigenvalue weighted by Gasteiger charge is 2.43. The van der Waals surface area contributed by atoms with Crippen molar-refractivity contribution in [2.75, 3.05) is 46.2 Å². The van der Waals surface area contributed by atoms with Crippen LogP contribution in [0, 0.1) is 19.8 Å². The molecule has 0 aliphatic carbocycles. The van der Waals surface area contributed by atoms with Crippen molar-refractivity contribution in [2.24, 2.45) is 5.92 Å². The topological polar surface area (TPSA) is 64.6 Å². The van der Waals surface area contributed by atoms with Gasteiger partial charge in [0.15, 0.2) is 10.9 Å². The van der Waals surface area contributed by atoms with Crippen LogP contribution >= 0.6 is 11.3 Å². The molecular weight excluding hydrogens is 453 g/mol. The molecule has 2 aromatic rings. The third-order valence-corrected chi connectivity index (χ3v) is 7.83. The molecule has 2 amide bonds. The molecule has 2 saturated heterocycles. The Bertz CT molecular complexity index is 1040. The lowest BCUT2D eigenvalue weighted by Gasteiger charge is -2.46. The predicted molar refractivity (Wildman–Crippen MR) is 124 cm³/mol. The third kappa shape index (κ3) is 4.22. The minimum atomic E-state index is -4.22. The van der Waals surface area contributed by atoms with E-state index in [1.807, 2.05) is 19.9 Å². The largest absolute Gasteiger partial charge is 0.393 e. The molecule has 11 heteroatoms. The maximum Gasteiger partial charge on any atom is 0.393 e. The molecule has 0 spiro atoms. The molecule has 7 nitrogen and oxygen atoms in total. The summed E-state index contributed by atoms with van der Waals surface area (Å²) in [7, 11) is 0. The molecular formula is C22H27F3N6OS. The summed E-state index contributed by atoms with van der Waals surface area (Å²) in [6.07, 6.45) is -1.80. The number of fused-ring (bicyclic) bond motifs is 4. The molecule has 0 saturated carbocycles. The summed E-state index contributed by atoms with van der Waals surface area (Å²) in [6.45, 7) is 5.87. The molecule has 2 aromatic heterocycles. The van der Waals surface area contributed by atoms with E-state index in [0.29, 0.717) is 29.7 Å². The number of pyridine rings is 1. The summed E-state index contributed by atoms with van der Waals surface area (Å²) in [5, 5.41) is 3.45. The van der Waals surface area contributed by atoms with Crippen LogP contribution < -0.4 is 20.0 Å². The van der Waals surface area contributed by atoms with Crippen LogP contribution in [0.15, 0.2) is 12.1 Å². The van der Waals surface area contributed by atoms with E-state index in [9.17, 15) is 18.0 Å². The van der Waals surface area contributed by atoms with Crippen molar-refractivity contribution in [3.05, 3.63) is 22.7 Å². The number of thiazole rings is 1. The standard InChI is InChI=1S/C22H27F3N6OS/c1-13-14(2)33-20(26-13)28-21(32)31-16-6-4-9-29(12-16)17-7-8-18(27-19(17)31)30-10-3-5-15(11-30)22(23,24)25/h7-8,15-16H,3-6,9-12H2,1-2H3,(H,26,28,32). The Morgan fingerprint density at radius 1 is 1.09 bits per heavy atom. The molecule has 33 heavy (non-hydrogen) atoms. The second-order valence-electron chi connectivity index (χ2n) is 9.04. The zero-order chi connectivity index (χ0) is 23.3. The Kier molecular flexibility index (Phi) is 5.62. The van der Waals surface area contributed by atoms with Gasteiger partial charge < -0.3 is 9.80 Å². The molecule has 3 aliphatic rings. The number of carbonyl (C=O) groups excluding carboxylic acids is 1. The summed E-state index contributed by atoms with van der Waals surface area (Å²) in [5.41, 5.74) is 1.73. The second kappa shape index (κ2) is 8.34. The summed E-state index contributed by atoms with van der Waals surface area (Å²) >= 11 is 1.42. The zero-order valence-electron chi connectivity index (χ0n) is 18.7. The van der Waals surface area contributed by atoms with Crippen molar-refractivity contribution < 1.29 is 18.0 Å². The predicted octanol–water partition coefficient (Wildman–Crippen LogP) is 4.95. The van der Waals surface area contributed by atoms with E-state index in [-0.39, 0.29) is 25.0 Å². The Labute approximate surface area is 194 Å². The molecule has 5 rings (SSSR count). The first-order valence-corrected chi connectivity index (χ1v) is 12.1. The van der Waals surface area contributed by atoms with E-state index in [0.717, 1.165) is 42.2 Å². The molecule has 2 atom stereocenters. The highest BCUT2D eigenvalue weighted by Crippen LogP contribution is 2.41. The number of urea groups is 1. The average Bonchev–Trinajstić information content (AvgIpc) is 3.09. The van der Waals surface area contributed by atoms with Gasteiger partial charge >= 0.3 is 12.2 Å². The van der Waals surface area contributed by atoms with Gasteiger partial charge in [0.05, 0.1) is 23.3 Å². The first-order valence-electron chi connectivity index (χ1n) is 11.3. The van der Waals surface area contributed by atoms with Crippen LogP contribution in [0.25, 0.3) is 0 Å². The lowest BCUT2D eigenvalue weighted by atomic mass is 9.97. The number of amides is 2. The van der Waals surface area contributed by atoms with Crippen molar-refractivity contribution in [1.29, 1.82) is 0 Å². The minimum absolute atomic E-state index is 0.0413. The number of nitrogens with one attached hydrogen (secondary N) is 1. The van der Waals surface area contributed by atoms with E-state index in [4.69, 9.17) is 4.98 Å². The lowest BCUT2D eigenvalue weighted by Crippen LogP contribution is -2.56. The summed E-state index contributed by atoms with van der Waals surface area (Å²) in [6, 6.07) is 3.35. The van der Waals surface area contributed by atoms with Gasteiger partial charge in [0.1, 0.15) is 5.82 Å². The molecule has 1 N–H and O–H groups in total. The van der Waals surface area contributed by atoms with Crippen molar-refractivity contribution >= 4 is 39.8 Å². The zero-order valence-corrected chi connectivity index (χ0v) is 19.5. The van der Waals surface area contributed by atoms with Gasteiger partial charge in [0, 0.05) is 31.1 Å². The molecule has 2 unspecified atom stereocenters. The van der Waals surface area contributed by atoms with E-state index >= 15 is 0 Å². The number of piperidine rings is 2. The van der Waals surface area contributed by atoms with Gasteiger partial charge in [-0.1, -0.05) is 0 Å². The molecule has 0 aromatic carbocycles. The normalized spacial score (nSPS) is 22.9. The summed E-state index contributed by atoms with van der Waals surface area (Å²) in [4.78, 5) is 29.2. The van der Waals surface area contributed by atoms with Crippen LogP contribution in [0.3, 0.4) is 0 Å². The Morgan fingerprint density at radius 3 is 2.58 bits per heavy atom. The first-order chi connectivity index (χ1) is 15.7. The van der Waals surface area contributed by atoms with Gasteiger partial charge in [-0.05, 0) is 51.7 Å². The maximum atomic E-state index is 13.4. The van der Waals surface area contributed by atoms with Crippen LogP contribution in [0.4, 0.5) is 40.4 Å². The number of aromatic nitrogens is 2. The first kappa shape index (κ1) is 22.2. The van der Waals surface area contributed by atoms with Crippen LogP contribution in [0.1, 0.15) is 36.3 Å². The fraction of sp³-hybridized carbons (Fsp3) is 0.591. The number of carbonyl (C=O) groups is 1. The van der Waals surface area contributed by atoms with E-state index in [1.54, 1.807) is 15.9 Å². The molecule has 3 aliphatic heterocycles. The fourth-order valence-electron chi connectivity index (χ4n) is 4.98. The van der Waals surface area contributed by atoms with Crippen LogP contribution in [-0.4, -0.2) is 54.4 Å². The van der Waals surface area contributed by atoms with E-state index in [1.165, 1.54) is 11.3 Å². The van der Waals surface area contributed by atoms with Crippen LogP contribution in [0.5, 0.6) is 0 Å². The number of hydrogen-bond donors (Lipinski definition) is 1. The van der Waals surface area contributed by atoms with Crippen molar-refractivity contribution in [2.45, 2.75) is 51.7 Å². The van der Waals surface area contributed by atoms with Gasteiger partial charge in [-0.15, -0.1) is 11.3 Å². The maximum absolute atomic E-state index is 13.4. The molecule has 2 bridgehead atoms. The second-order valence-corrected chi connectivity index (χ2v) is 10.2. The van der Waals surface area contributed by atoms with E-state index < -0.39 is 12.1 Å². The number of alkyl halides is 3.